The largest absolute Gasteiger partial charge is 0.493 e. The van der Waals surface area contributed by atoms with Gasteiger partial charge in [-0.05, 0) is 48.2 Å². The summed E-state index contributed by atoms with van der Waals surface area (Å²) in [5.74, 6) is 14.6. The highest BCUT2D eigenvalue weighted by Crippen LogP contribution is 2.28. The summed E-state index contributed by atoms with van der Waals surface area (Å²) in [6, 6.07) is 10.9. The first-order chi connectivity index (χ1) is 14.7. The van der Waals surface area contributed by atoms with Crippen LogP contribution in [-0.4, -0.2) is 38.4 Å². The van der Waals surface area contributed by atoms with Crippen molar-refractivity contribution in [2.24, 2.45) is 0 Å². The van der Waals surface area contributed by atoms with Gasteiger partial charge in [-0.3, -0.25) is 4.98 Å². The maximum Gasteiger partial charge on any atom is 0.161 e. The highest BCUT2D eigenvalue weighted by Gasteiger charge is 2.04. The van der Waals surface area contributed by atoms with Crippen molar-refractivity contribution in [3.8, 4) is 46.7 Å². The number of hydrogen-bond donors (Lipinski definition) is 0. The highest BCUT2D eigenvalue weighted by atomic mass is 16.5. The zero-order chi connectivity index (χ0) is 21.3. The molecule has 0 unspecified atom stereocenters. The van der Waals surface area contributed by atoms with Crippen LogP contribution in [-0.2, 0) is 0 Å². The fourth-order valence-corrected chi connectivity index (χ4v) is 2.59. The van der Waals surface area contributed by atoms with E-state index in [1.807, 2.05) is 12.1 Å². The lowest BCUT2D eigenvalue weighted by Gasteiger charge is -2.06. The molecule has 0 saturated carbocycles. The Morgan fingerprint density at radius 3 is 1.40 bits per heavy atom. The van der Waals surface area contributed by atoms with Gasteiger partial charge in [-0.2, -0.15) is 0 Å². The van der Waals surface area contributed by atoms with Crippen LogP contribution in [0.1, 0.15) is 22.5 Å². The third-order valence-electron chi connectivity index (χ3n) is 4.07. The monoisotopic (exact) mass is 400 g/mol. The van der Waals surface area contributed by atoms with Gasteiger partial charge in [0.15, 0.2) is 23.0 Å². The number of ether oxygens (including phenoxy) is 4. The van der Waals surface area contributed by atoms with E-state index < -0.39 is 0 Å². The smallest absolute Gasteiger partial charge is 0.161 e. The van der Waals surface area contributed by atoms with E-state index in [1.54, 1.807) is 65.1 Å². The minimum Gasteiger partial charge on any atom is -0.493 e. The summed E-state index contributed by atoms with van der Waals surface area (Å²) in [6.07, 6.45) is 3.19. The summed E-state index contributed by atoms with van der Waals surface area (Å²) < 4.78 is 21.1. The molecule has 30 heavy (non-hydrogen) atoms. The Bertz CT molecular complexity index is 1080. The van der Waals surface area contributed by atoms with Crippen molar-refractivity contribution in [1.29, 1.82) is 0 Å². The van der Waals surface area contributed by atoms with Gasteiger partial charge in [-0.25, -0.2) is 4.98 Å². The number of hydrogen-bond acceptors (Lipinski definition) is 6. The molecule has 0 bridgehead atoms. The van der Waals surface area contributed by atoms with E-state index in [0.29, 0.717) is 34.4 Å². The summed E-state index contributed by atoms with van der Waals surface area (Å²) in [6.45, 7) is 0. The van der Waals surface area contributed by atoms with Crippen molar-refractivity contribution >= 4 is 0 Å². The van der Waals surface area contributed by atoms with Gasteiger partial charge < -0.3 is 18.9 Å². The second-order valence-corrected chi connectivity index (χ2v) is 5.93. The quantitative estimate of drug-likeness (QED) is 0.626. The van der Waals surface area contributed by atoms with Crippen molar-refractivity contribution in [1.82, 2.24) is 9.97 Å². The van der Waals surface area contributed by atoms with Crippen LogP contribution in [0.5, 0.6) is 23.0 Å². The van der Waals surface area contributed by atoms with Crippen molar-refractivity contribution in [3.05, 3.63) is 71.3 Å². The van der Waals surface area contributed by atoms with Crippen LogP contribution in [0.3, 0.4) is 0 Å². The van der Waals surface area contributed by atoms with Crippen LogP contribution in [0.15, 0.2) is 48.8 Å². The Balaban J connectivity index is 1.82. The third-order valence-corrected chi connectivity index (χ3v) is 4.07. The van der Waals surface area contributed by atoms with E-state index in [2.05, 4.69) is 33.6 Å². The predicted molar refractivity (Wildman–Crippen MR) is 113 cm³/mol. The first-order valence-corrected chi connectivity index (χ1v) is 8.97. The summed E-state index contributed by atoms with van der Waals surface area (Å²) in [7, 11) is 6.35. The molecule has 1 aromatic heterocycles. The minimum absolute atomic E-state index is 0.517. The fraction of sp³-hybridized carbons (Fsp3) is 0.167. The summed E-state index contributed by atoms with van der Waals surface area (Å²) in [5, 5.41) is 0. The first-order valence-electron chi connectivity index (χ1n) is 8.97. The van der Waals surface area contributed by atoms with Gasteiger partial charge in [-0.15, -0.1) is 0 Å². The maximum absolute atomic E-state index is 5.30. The van der Waals surface area contributed by atoms with Gasteiger partial charge in [0.25, 0.3) is 0 Å². The normalized spacial score (nSPS) is 9.47. The Hall–Kier alpha value is -4.16. The highest BCUT2D eigenvalue weighted by molar-refractivity contribution is 5.51. The minimum atomic E-state index is 0.517. The standard InChI is InChI=1S/C24H20N2O4/c1-27-21-11-7-17(13-23(21)29-3)5-9-19-15-25-16-20(26-19)10-6-18-8-12-22(28-2)24(14-18)30-4/h7-8,11-16H,1-4H3. The molecule has 0 amide bonds. The van der Waals surface area contributed by atoms with Crippen molar-refractivity contribution < 1.29 is 18.9 Å². The van der Waals surface area contributed by atoms with Crippen LogP contribution in [0.2, 0.25) is 0 Å². The molecule has 0 aliphatic carbocycles. The molecular formula is C24H20N2O4. The molecule has 150 valence electrons. The Morgan fingerprint density at radius 1 is 0.567 bits per heavy atom. The van der Waals surface area contributed by atoms with Gasteiger partial charge in [0, 0.05) is 11.1 Å². The van der Waals surface area contributed by atoms with Crippen molar-refractivity contribution in [2.75, 3.05) is 28.4 Å². The molecule has 6 nitrogen and oxygen atoms in total. The van der Waals surface area contributed by atoms with Crippen LogP contribution in [0, 0.1) is 23.7 Å². The second-order valence-electron chi connectivity index (χ2n) is 5.93. The van der Waals surface area contributed by atoms with Gasteiger partial charge in [0.2, 0.25) is 0 Å². The van der Waals surface area contributed by atoms with Gasteiger partial charge >= 0.3 is 0 Å². The first kappa shape index (κ1) is 20.6. The van der Waals surface area contributed by atoms with Gasteiger partial charge in [0.05, 0.1) is 40.8 Å². The average Bonchev–Trinajstić information content (AvgIpc) is 2.81. The van der Waals surface area contributed by atoms with Crippen molar-refractivity contribution in [2.45, 2.75) is 0 Å². The number of methoxy groups -OCH3 is 4. The molecule has 6 heteroatoms. The van der Waals surface area contributed by atoms with E-state index in [1.165, 1.54) is 0 Å². The molecule has 0 spiro atoms. The number of benzene rings is 2. The number of nitrogens with zero attached hydrogens (tertiary/aromatic N) is 2. The molecule has 0 saturated heterocycles. The van der Waals surface area contributed by atoms with Crippen LogP contribution in [0.25, 0.3) is 0 Å². The topological polar surface area (TPSA) is 62.7 Å². The fourth-order valence-electron chi connectivity index (χ4n) is 2.59. The molecule has 0 radical (unpaired) electrons. The molecule has 1 heterocycles. The van der Waals surface area contributed by atoms with Crippen molar-refractivity contribution in [3.63, 3.8) is 0 Å². The molecule has 0 aliphatic heterocycles. The maximum atomic E-state index is 5.30. The SMILES string of the molecule is COc1ccc(C#Cc2cncc(C#Cc3ccc(OC)c(OC)c3)n2)cc1OC. The van der Waals surface area contributed by atoms with E-state index in [-0.39, 0.29) is 0 Å². The Labute approximate surface area is 175 Å². The molecule has 2 aromatic carbocycles. The van der Waals surface area contributed by atoms with Gasteiger partial charge in [-0.1, -0.05) is 11.8 Å². The van der Waals surface area contributed by atoms with E-state index in [4.69, 9.17) is 18.9 Å². The van der Waals surface area contributed by atoms with Crippen LogP contribution >= 0.6 is 0 Å². The van der Waals surface area contributed by atoms with Gasteiger partial charge in [0.1, 0.15) is 11.4 Å². The molecule has 3 aromatic rings. The van der Waals surface area contributed by atoms with Crippen LogP contribution < -0.4 is 18.9 Å². The zero-order valence-electron chi connectivity index (χ0n) is 17.1. The van der Waals surface area contributed by atoms with Crippen LogP contribution in [0.4, 0.5) is 0 Å². The summed E-state index contributed by atoms with van der Waals surface area (Å²) in [4.78, 5) is 8.61. The molecule has 3 rings (SSSR count). The molecule has 0 N–H and O–H groups in total. The summed E-state index contributed by atoms with van der Waals surface area (Å²) >= 11 is 0. The molecule has 0 aliphatic rings. The molecule has 0 fully saturated rings. The number of rotatable bonds is 4. The van der Waals surface area contributed by atoms with E-state index >= 15 is 0 Å². The lowest BCUT2D eigenvalue weighted by Crippen LogP contribution is -1.92. The number of aromatic nitrogens is 2. The Kier molecular flexibility index (Phi) is 6.76. The van der Waals surface area contributed by atoms with E-state index in [0.717, 1.165) is 11.1 Å². The molecular weight excluding hydrogens is 380 g/mol. The average molecular weight is 400 g/mol. The predicted octanol–water partition coefficient (Wildman–Crippen LogP) is 3.31. The Morgan fingerprint density at radius 2 is 1.00 bits per heavy atom. The lowest BCUT2D eigenvalue weighted by molar-refractivity contribution is 0.355. The zero-order valence-corrected chi connectivity index (χ0v) is 17.1. The molecule has 0 atom stereocenters. The van der Waals surface area contributed by atoms with E-state index in [9.17, 15) is 0 Å². The third kappa shape index (κ3) is 5.01. The summed E-state index contributed by atoms with van der Waals surface area (Å²) in [5.41, 5.74) is 2.58. The lowest BCUT2D eigenvalue weighted by atomic mass is 10.2. The second kappa shape index (κ2) is 9.86.